The van der Waals surface area contributed by atoms with Crippen LogP contribution in [0.4, 0.5) is 5.69 Å². The van der Waals surface area contributed by atoms with Gasteiger partial charge >= 0.3 is 5.97 Å². The van der Waals surface area contributed by atoms with Gasteiger partial charge in [-0.05, 0) is 23.6 Å². The summed E-state index contributed by atoms with van der Waals surface area (Å²) < 4.78 is 0. The zero-order valence-electron chi connectivity index (χ0n) is 9.69. The molecule has 4 nitrogen and oxygen atoms in total. The smallest absolute Gasteiger partial charge is 0.303 e. The molecule has 2 rings (SSSR count). The molecule has 2 N–H and O–H groups in total. The van der Waals surface area contributed by atoms with Gasteiger partial charge in [0, 0.05) is 18.0 Å². The lowest BCUT2D eigenvalue weighted by atomic mass is 9.87. The Bertz CT molecular complexity index is 468. The summed E-state index contributed by atoms with van der Waals surface area (Å²) in [5.74, 6) is -1.17. The number of fused-ring (bicyclic) bond motifs is 1. The summed E-state index contributed by atoms with van der Waals surface area (Å²) in [6.45, 7) is 2.05. The molecule has 0 aromatic heterocycles. The number of nitrogens with one attached hydrogen (secondary N) is 1. The van der Waals surface area contributed by atoms with Crippen LogP contribution in [0, 0.1) is 0 Å². The minimum absolute atomic E-state index is 0.00753. The Morgan fingerprint density at radius 2 is 2.29 bits per heavy atom. The third kappa shape index (κ3) is 2.46. The minimum atomic E-state index is -0.863. The van der Waals surface area contributed by atoms with Crippen LogP contribution >= 0.6 is 0 Å². The van der Waals surface area contributed by atoms with E-state index >= 15 is 0 Å². The lowest BCUT2D eigenvalue weighted by Gasteiger charge is -2.25. The van der Waals surface area contributed by atoms with Gasteiger partial charge in [0.15, 0.2) is 0 Å². The molecule has 1 atom stereocenters. The maximum absolute atomic E-state index is 11.5. The Kier molecular flexibility index (Phi) is 3.13. The molecule has 1 unspecified atom stereocenters. The van der Waals surface area contributed by atoms with Crippen molar-refractivity contribution >= 4 is 17.6 Å². The highest BCUT2D eigenvalue weighted by atomic mass is 16.4. The quantitative estimate of drug-likeness (QED) is 0.840. The maximum atomic E-state index is 11.5. The van der Waals surface area contributed by atoms with Gasteiger partial charge in [-0.3, -0.25) is 9.59 Å². The molecule has 0 saturated carbocycles. The van der Waals surface area contributed by atoms with Crippen molar-refractivity contribution in [2.24, 2.45) is 0 Å². The first-order valence-electron chi connectivity index (χ1n) is 5.74. The van der Waals surface area contributed by atoms with E-state index in [1.165, 1.54) is 0 Å². The van der Waals surface area contributed by atoms with Crippen molar-refractivity contribution in [3.63, 3.8) is 0 Å². The molecule has 17 heavy (non-hydrogen) atoms. The first kappa shape index (κ1) is 11.6. The first-order chi connectivity index (χ1) is 8.10. The van der Waals surface area contributed by atoms with Crippen LogP contribution < -0.4 is 5.32 Å². The fourth-order valence-electron chi connectivity index (χ4n) is 2.21. The minimum Gasteiger partial charge on any atom is -0.481 e. The number of carbonyl (C=O) groups is 2. The van der Waals surface area contributed by atoms with E-state index in [4.69, 9.17) is 5.11 Å². The first-order valence-corrected chi connectivity index (χ1v) is 5.74. The molecule has 1 aromatic rings. The van der Waals surface area contributed by atoms with Crippen molar-refractivity contribution in [1.29, 1.82) is 0 Å². The zero-order valence-corrected chi connectivity index (χ0v) is 9.69. The Morgan fingerprint density at radius 1 is 1.53 bits per heavy atom. The van der Waals surface area contributed by atoms with Crippen molar-refractivity contribution in [3.05, 3.63) is 29.3 Å². The number of rotatable bonds is 3. The molecule has 1 aliphatic heterocycles. The molecule has 0 fully saturated rings. The number of carboxylic acid groups (broad SMARTS) is 1. The van der Waals surface area contributed by atoms with E-state index < -0.39 is 5.97 Å². The number of aliphatic carboxylic acids is 1. The van der Waals surface area contributed by atoms with Crippen LogP contribution in [0.5, 0.6) is 0 Å². The van der Waals surface area contributed by atoms with Crippen molar-refractivity contribution < 1.29 is 14.7 Å². The molecule has 90 valence electrons. The number of carboxylic acids is 1. The molecule has 1 aromatic carbocycles. The van der Waals surface area contributed by atoms with E-state index in [1.54, 1.807) is 0 Å². The second kappa shape index (κ2) is 4.57. The molecule has 1 heterocycles. The van der Waals surface area contributed by atoms with Gasteiger partial charge in [-0.25, -0.2) is 0 Å². The van der Waals surface area contributed by atoms with E-state index in [9.17, 15) is 9.59 Å². The second-order valence-electron chi connectivity index (χ2n) is 4.32. The Morgan fingerprint density at radius 3 is 2.94 bits per heavy atom. The summed E-state index contributed by atoms with van der Waals surface area (Å²) in [4.78, 5) is 22.3. The Balaban J connectivity index is 2.38. The van der Waals surface area contributed by atoms with Gasteiger partial charge in [0.1, 0.15) is 0 Å². The van der Waals surface area contributed by atoms with Crippen LogP contribution in [-0.4, -0.2) is 17.0 Å². The van der Waals surface area contributed by atoms with E-state index in [2.05, 4.69) is 12.2 Å². The monoisotopic (exact) mass is 233 g/mol. The predicted molar refractivity (Wildman–Crippen MR) is 64.1 cm³/mol. The number of amides is 1. The van der Waals surface area contributed by atoms with Gasteiger partial charge in [0.25, 0.3) is 0 Å². The van der Waals surface area contributed by atoms with Crippen molar-refractivity contribution in [2.75, 3.05) is 5.32 Å². The van der Waals surface area contributed by atoms with Crippen LogP contribution in [0.15, 0.2) is 18.2 Å². The van der Waals surface area contributed by atoms with Crippen molar-refractivity contribution in [1.82, 2.24) is 0 Å². The molecule has 1 amide bonds. The van der Waals surface area contributed by atoms with E-state index in [-0.39, 0.29) is 24.7 Å². The third-order valence-electron chi connectivity index (χ3n) is 3.09. The van der Waals surface area contributed by atoms with Gasteiger partial charge in [0.05, 0.1) is 6.42 Å². The van der Waals surface area contributed by atoms with E-state index in [0.717, 1.165) is 23.2 Å². The summed E-state index contributed by atoms with van der Waals surface area (Å²) in [7, 11) is 0. The largest absolute Gasteiger partial charge is 0.481 e. The van der Waals surface area contributed by atoms with Crippen LogP contribution in [0.3, 0.4) is 0 Å². The highest BCUT2D eigenvalue weighted by Gasteiger charge is 2.26. The van der Waals surface area contributed by atoms with E-state index in [1.807, 2.05) is 18.2 Å². The predicted octanol–water partition coefficient (Wildman–Crippen LogP) is 2.15. The number of hydrogen-bond donors (Lipinski definition) is 2. The fraction of sp³-hybridized carbons (Fsp3) is 0.385. The van der Waals surface area contributed by atoms with Crippen molar-refractivity contribution in [3.8, 4) is 0 Å². The molecular formula is C13H15NO3. The summed E-state index contributed by atoms with van der Waals surface area (Å²) in [5.41, 5.74) is 2.87. The van der Waals surface area contributed by atoms with Crippen LogP contribution in [0.1, 0.15) is 36.8 Å². The summed E-state index contributed by atoms with van der Waals surface area (Å²) in [6, 6.07) is 5.82. The number of anilines is 1. The van der Waals surface area contributed by atoms with Gasteiger partial charge < -0.3 is 10.4 Å². The van der Waals surface area contributed by atoms with Gasteiger partial charge in [-0.2, -0.15) is 0 Å². The standard InChI is InChI=1S/C13H15NO3/c1-2-8-3-4-11-10(5-8)9(7-13(16)17)6-12(15)14-11/h3-5,9H,2,6-7H2,1H3,(H,14,15)(H,16,17). The fourth-order valence-corrected chi connectivity index (χ4v) is 2.21. The van der Waals surface area contributed by atoms with Crippen LogP contribution in [0.2, 0.25) is 0 Å². The number of hydrogen-bond acceptors (Lipinski definition) is 2. The average Bonchev–Trinajstić information content (AvgIpc) is 2.27. The van der Waals surface area contributed by atoms with Gasteiger partial charge in [-0.15, -0.1) is 0 Å². The maximum Gasteiger partial charge on any atom is 0.303 e. The molecule has 0 spiro atoms. The highest BCUT2D eigenvalue weighted by molar-refractivity contribution is 5.95. The molecule has 1 aliphatic rings. The van der Waals surface area contributed by atoms with Crippen LogP contribution in [0.25, 0.3) is 0 Å². The normalized spacial score (nSPS) is 18.4. The Hall–Kier alpha value is -1.84. The molecule has 0 saturated heterocycles. The van der Waals surface area contributed by atoms with Crippen molar-refractivity contribution in [2.45, 2.75) is 32.1 Å². The van der Waals surface area contributed by atoms with Crippen LogP contribution in [-0.2, 0) is 16.0 Å². The number of benzene rings is 1. The van der Waals surface area contributed by atoms with E-state index in [0.29, 0.717) is 0 Å². The zero-order chi connectivity index (χ0) is 12.4. The third-order valence-corrected chi connectivity index (χ3v) is 3.09. The second-order valence-corrected chi connectivity index (χ2v) is 4.32. The average molecular weight is 233 g/mol. The summed E-state index contributed by atoms with van der Waals surface area (Å²) >= 11 is 0. The SMILES string of the molecule is CCc1ccc2c(c1)C(CC(=O)O)CC(=O)N2. The lowest BCUT2D eigenvalue weighted by molar-refractivity contribution is -0.137. The van der Waals surface area contributed by atoms with Gasteiger partial charge in [-0.1, -0.05) is 19.1 Å². The Labute approximate surface area is 99.6 Å². The molecular weight excluding hydrogens is 218 g/mol. The summed E-state index contributed by atoms with van der Waals surface area (Å²) in [5, 5.41) is 11.7. The summed E-state index contributed by atoms with van der Waals surface area (Å²) in [6.07, 6.45) is 1.17. The molecule has 0 aliphatic carbocycles. The number of carbonyl (C=O) groups excluding carboxylic acids is 1. The topological polar surface area (TPSA) is 66.4 Å². The number of aryl methyl sites for hydroxylation is 1. The highest BCUT2D eigenvalue weighted by Crippen LogP contribution is 2.35. The molecule has 0 radical (unpaired) electrons. The lowest BCUT2D eigenvalue weighted by Crippen LogP contribution is -2.24. The molecule has 0 bridgehead atoms. The molecule has 4 heteroatoms. The van der Waals surface area contributed by atoms with Gasteiger partial charge in [0.2, 0.25) is 5.91 Å².